The Hall–Kier alpha value is -2.28. The molecule has 1 amide bonds. The lowest BCUT2D eigenvalue weighted by molar-refractivity contribution is 0.102. The molecule has 5 heteroatoms. The fourth-order valence-electron chi connectivity index (χ4n) is 4.54. The maximum atomic E-state index is 13.3. The summed E-state index contributed by atoms with van der Waals surface area (Å²) in [7, 11) is 1.66. The van der Waals surface area contributed by atoms with Crippen molar-refractivity contribution in [3.05, 3.63) is 63.7 Å². The SMILES string of the molecule is COc1ccc2c(NC(=O)c3ccc(I)cc3N3CCC4(CC3)CC4)cccc2c1. The van der Waals surface area contributed by atoms with Gasteiger partial charge in [0.2, 0.25) is 0 Å². The van der Waals surface area contributed by atoms with Crippen LogP contribution in [-0.2, 0) is 0 Å². The first-order valence-electron chi connectivity index (χ1n) is 10.5. The third kappa shape index (κ3) is 3.75. The minimum atomic E-state index is -0.0589. The Kier molecular flexibility index (Phi) is 5.09. The number of nitrogens with one attached hydrogen (secondary N) is 1. The van der Waals surface area contributed by atoms with Gasteiger partial charge in [-0.1, -0.05) is 12.1 Å². The lowest BCUT2D eigenvalue weighted by Gasteiger charge is -2.35. The molecule has 0 unspecified atom stereocenters. The molecule has 1 saturated heterocycles. The fourth-order valence-corrected chi connectivity index (χ4v) is 5.02. The number of piperidine rings is 1. The number of carbonyl (C=O) groups is 1. The third-order valence-electron chi connectivity index (χ3n) is 6.66. The minimum absolute atomic E-state index is 0.0589. The van der Waals surface area contributed by atoms with Crippen LogP contribution in [0.1, 0.15) is 36.0 Å². The zero-order valence-corrected chi connectivity index (χ0v) is 19.2. The van der Waals surface area contributed by atoms with E-state index in [0.717, 1.165) is 50.1 Å². The van der Waals surface area contributed by atoms with E-state index in [-0.39, 0.29) is 5.91 Å². The molecule has 0 aromatic heterocycles. The minimum Gasteiger partial charge on any atom is -0.497 e. The molecule has 1 aliphatic carbocycles. The summed E-state index contributed by atoms with van der Waals surface area (Å²) in [5.41, 5.74) is 3.23. The predicted octanol–water partition coefficient (Wildman–Crippen LogP) is 6.09. The van der Waals surface area contributed by atoms with Gasteiger partial charge >= 0.3 is 0 Å². The molecule has 30 heavy (non-hydrogen) atoms. The van der Waals surface area contributed by atoms with Crippen molar-refractivity contribution in [3.63, 3.8) is 0 Å². The third-order valence-corrected chi connectivity index (χ3v) is 7.33. The number of benzene rings is 3. The molecule has 154 valence electrons. The average molecular weight is 512 g/mol. The van der Waals surface area contributed by atoms with Crippen LogP contribution in [0.2, 0.25) is 0 Å². The van der Waals surface area contributed by atoms with Crippen LogP contribution in [0.5, 0.6) is 5.75 Å². The highest BCUT2D eigenvalue weighted by molar-refractivity contribution is 14.1. The highest BCUT2D eigenvalue weighted by Crippen LogP contribution is 2.54. The second kappa shape index (κ2) is 7.76. The Morgan fingerprint density at radius 1 is 1.03 bits per heavy atom. The van der Waals surface area contributed by atoms with E-state index < -0.39 is 0 Å². The number of halogens is 1. The molecule has 2 fully saturated rings. The molecule has 0 bridgehead atoms. The number of hydrogen-bond acceptors (Lipinski definition) is 3. The smallest absolute Gasteiger partial charge is 0.257 e. The van der Waals surface area contributed by atoms with Gasteiger partial charge in [-0.15, -0.1) is 0 Å². The largest absolute Gasteiger partial charge is 0.497 e. The standard InChI is InChI=1S/C25H25IN2O2/c1-30-19-6-8-20-17(15-19)3-2-4-22(20)27-24(29)21-7-5-18(26)16-23(21)28-13-11-25(9-10-25)12-14-28/h2-8,15-16H,9-14H2,1H3,(H,27,29). The van der Waals surface area contributed by atoms with Gasteiger partial charge in [0.25, 0.3) is 5.91 Å². The molecule has 1 heterocycles. The van der Waals surface area contributed by atoms with Crippen LogP contribution in [-0.4, -0.2) is 26.1 Å². The summed E-state index contributed by atoms with van der Waals surface area (Å²) >= 11 is 2.33. The predicted molar refractivity (Wildman–Crippen MR) is 131 cm³/mol. The second-order valence-electron chi connectivity index (χ2n) is 8.50. The number of amides is 1. The van der Waals surface area contributed by atoms with Crippen molar-refractivity contribution in [3.8, 4) is 5.75 Å². The van der Waals surface area contributed by atoms with Crippen LogP contribution in [0.3, 0.4) is 0 Å². The van der Waals surface area contributed by atoms with Crippen molar-refractivity contribution in [1.82, 2.24) is 0 Å². The molecule has 1 spiro atoms. The molecular weight excluding hydrogens is 487 g/mol. The van der Waals surface area contributed by atoms with Crippen LogP contribution >= 0.6 is 22.6 Å². The Bertz CT molecular complexity index is 1110. The molecule has 3 aromatic carbocycles. The van der Waals surface area contributed by atoms with Crippen LogP contribution in [0.15, 0.2) is 54.6 Å². The van der Waals surface area contributed by atoms with Crippen molar-refractivity contribution in [2.75, 3.05) is 30.4 Å². The quantitative estimate of drug-likeness (QED) is 0.431. The molecule has 5 rings (SSSR count). The second-order valence-corrected chi connectivity index (χ2v) is 9.74. The number of hydrogen-bond donors (Lipinski definition) is 1. The summed E-state index contributed by atoms with van der Waals surface area (Å²) in [5.74, 6) is 0.751. The molecule has 3 aromatic rings. The van der Waals surface area contributed by atoms with Crippen LogP contribution in [0.25, 0.3) is 10.8 Å². The summed E-state index contributed by atoms with van der Waals surface area (Å²) in [4.78, 5) is 15.7. The molecule has 4 nitrogen and oxygen atoms in total. The first kappa shape index (κ1) is 19.7. The normalized spacial score (nSPS) is 17.2. The molecule has 0 radical (unpaired) electrons. The van der Waals surface area contributed by atoms with Gasteiger partial charge in [0.05, 0.1) is 18.4 Å². The van der Waals surface area contributed by atoms with E-state index in [1.54, 1.807) is 7.11 Å². The number of ether oxygens (including phenoxy) is 1. The van der Waals surface area contributed by atoms with E-state index in [1.165, 1.54) is 25.7 Å². The lowest BCUT2D eigenvalue weighted by atomic mass is 9.93. The molecule has 1 aliphatic heterocycles. The van der Waals surface area contributed by atoms with E-state index in [0.29, 0.717) is 5.41 Å². The summed E-state index contributed by atoms with van der Waals surface area (Å²) in [6.45, 7) is 2.07. The maximum absolute atomic E-state index is 13.3. The van der Waals surface area contributed by atoms with Gasteiger partial charge in [0, 0.05) is 27.7 Å². The number of fused-ring (bicyclic) bond motifs is 1. The number of methoxy groups -OCH3 is 1. The van der Waals surface area contributed by atoms with Crippen LogP contribution in [0.4, 0.5) is 11.4 Å². The summed E-state index contributed by atoms with van der Waals surface area (Å²) in [6, 6.07) is 18.0. The lowest BCUT2D eigenvalue weighted by Crippen LogP contribution is -2.35. The molecular formula is C25H25IN2O2. The Morgan fingerprint density at radius 3 is 2.57 bits per heavy atom. The highest BCUT2D eigenvalue weighted by Gasteiger charge is 2.44. The van der Waals surface area contributed by atoms with E-state index in [9.17, 15) is 4.79 Å². The monoisotopic (exact) mass is 512 g/mol. The number of nitrogens with zero attached hydrogens (tertiary/aromatic N) is 1. The number of anilines is 2. The maximum Gasteiger partial charge on any atom is 0.257 e. The summed E-state index contributed by atoms with van der Waals surface area (Å²) in [5, 5.41) is 5.21. The fraction of sp³-hybridized carbons (Fsp3) is 0.320. The van der Waals surface area contributed by atoms with Crippen molar-refractivity contribution in [2.45, 2.75) is 25.7 Å². The van der Waals surface area contributed by atoms with Gasteiger partial charge in [-0.3, -0.25) is 4.79 Å². The Labute approximate surface area is 190 Å². The van der Waals surface area contributed by atoms with Crippen molar-refractivity contribution < 1.29 is 9.53 Å². The molecule has 1 saturated carbocycles. The van der Waals surface area contributed by atoms with Crippen LogP contribution < -0.4 is 15.0 Å². The Morgan fingerprint density at radius 2 is 1.83 bits per heavy atom. The average Bonchev–Trinajstić information content (AvgIpc) is 3.52. The molecule has 1 N–H and O–H groups in total. The van der Waals surface area contributed by atoms with Gasteiger partial charge in [-0.2, -0.15) is 0 Å². The Balaban J connectivity index is 1.43. The zero-order chi connectivity index (χ0) is 20.7. The zero-order valence-electron chi connectivity index (χ0n) is 17.1. The summed E-state index contributed by atoms with van der Waals surface area (Å²) in [6.07, 6.45) is 5.24. The number of carbonyl (C=O) groups excluding carboxylic acids is 1. The highest BCUT2D eigenvalue weighted by atomic mass is 127. The van der Waals surface area contributed by atoms with Gasteiger partial charge in [-0.25, -0.2) is 0 Å². The van der Waals surface area contributed by atoms with Crippen molar-refractivity contribution >= 4 is 50.6 Å². The first-order chi connectivity index (χ1) is 14.6. The molecule has 2 aliphatic rings. The van der Waals surface area contributed by atoms with E-state index >= 15 is 0 Å². The number of rotatable bonds is 4. The van der Waals surface area contributed by atoms with Gasteiger partial charge in [-0.05, 0) is 102 Å². The summed E-state index contributed by atoms with van der Waals surface area (Å²) < 4.78 is 6.49. The van der Waals surface area contributed by atoms with E-state index in [4.69, 9.17) is 4.74 Å². The van der Waals surface area contributed by atoms with Gasteiger partial charge in [0.1, 0.15) is 5.75 Å². The van der Waals surface area contributed by atoms with Gasteiger partial charge in [0.15, 0.2) is 0 Å². The topological polar surface area (TPSA) is 41.6 Å². The van der Waals surface area contributed by atoms with Crippen molar-refractivity contribution in [1.29, 1.82) is 0 Å². The molecule has 0 atom stereocenters. The van der Waals surface area contributed by atoms with Crippen molar-refractivity contribution in [2.24, 2.45) is 5.41 Å². The first-order valence-corrected chi connectivity index (χ1v) is 11.6. The van der Waals surface area contributed by atoms with Crippen LogP contribution in [0, 0.1) is 8.99 Å². The van der Waals surface area contributed by atoms with E-state index in [1.807, 2.05) is 48.5 Å². The van der Waals surface area contributed by atoms with E-state index in [2.05, 4.69) is 38.9 Å². The van der Waals surface area contributed by atoms with Gasteiger partial charge < -0.3 is 15.0 Å².